The lowest BCUT2D eigenvalue weighted by Crippen LogP contribution is -2.30. The van der Waals surface area contributed by atoms with Gasteiger partial charge in [-0.25, -0.2) is 0 Å². The summed E-state index contributed by atoms with van der Waals surface area (Å²) in [6.45, 7) is 12.9. The number of carbonyl (C=O) groups is 1. The summed E-state index contributed by atoms with van der Waals surface area (Å²) < 4.78 is 10.5. The first-order chi connectivity index (χ1) is 7.99. The van der Waals surface area contributed by atoms with Crippen LogP contribution in [0.4, 0.5) is 0 Å². The van der Waals surface area contributed by atoms with Gasteiger partial charge in [-0.05, 0) is 32.6 Å². The summed E-state index contributed by atoms with van der Waals surface area (Å²) in [5.74, 6) is -0.246. The van der Waals surface area contributed by atoms with E-state index >= 15 is 0 Å². The van der Waals surface area contributed by atoms with E-state index in [2.05, 4.69) is 20.8 Å². The maximum Gasteiger partial charge on any atom is 0.307 e. The molecule has 0 saturated heterocycles. The van der Waals surface area contributed by atoms with Crippen molar-refractivity contribution in [1.29, 1.82) is 0 Å². The molecule has 0 rings (SSSR count). The van der Waals surface area contributed by atoms with Gasteiger partial charge >= 0.3 is 5.97 Å². The molecule has 108 valence electrons. The second-order valence-electron chi connectivity index (χ2n) is 6.91. The van der Waals surface area contributed by atoms with Crippen LogP contribution in [0.3, 0.4) is 0 Å². The van der Waals surface area contributed by atoms with E-state index in [9.17, 15) is 4.79 Å². The minimum atomic E-state index is -0.246. The van der Waals surface area contributed by atoms with E-state index < -0.39 is 0 Å². The van der Waals surface area contributed by atoms with Crippen molar-refractivity contribution >= 4 is 5.97 Å². The highest BCUT2D eigenvalue weighted by molar-refractivity contribution is 5.70. The molecule has 0 spiro atoms. The highest BCUT2D eigenvalue weighted by Crippen LogP contribution is 2.21. The third-order valence-electron chi connectivity index (χ3n) is 2.18. The number of esters is 1. The summed E-state index contributed by atoms with van der Waals surface area (Å²) in [5, 5.41) is 0. The smallest absolute Gasteiger partial charge is 0.307 e. The number of rotatable bonds is 6. The van der Waals surface area contributed by atoms with E-state index in [1.54, 1.807) is 0 Å². The zero-order valence-corrected chi connectivity index (χ0v) is 12.7. The van der Waals surface area contributed by atoms with E-state index in [1.165, 1.54) is 0 Å². The molecule has 0 fully saturated rings. The molecule has 2 N–H and O–H groups in total. The van der Waals surface area contributed by atoms with Crippen LogP contribution in [0.25, 0.3) is 0 Å². The predicted molar refractivity (Wildman–Crippen MR) is 73.3 cm³/mol. The Labute approximate surface area is 111 Å². The van der Waals surface area contributed by atoms with Gasteiger partial charge < -0.3 is 15.2 Å². The SMILES string of the molecule is CC(C)(C)CC(N)CC(=O)OCCOC(C)(C)C. The predicted octanol–water partition coefficient (Wildman–Crippen LogP) is 2.50. The van der Waals surface area contributed by atoms with Crippen molar-refractivity contribution in [3.05, 3.63) is 0 Å². The molecular formula is C14H29NO3. The fourth-order valence-electron chi connectivity index (χ4n) is 1.64. The zero-order chi connectivity index (χ0) is 14.4. The van der Waals surface area contributed by atoms with Gasteiger partial charge in [-0.15, -0.1) is 0 Å². The first kappa shape index (κ1) is 17.4. The zero-order valence-electron chi connectivity index (χ0n) is 12.7. The molecule has 0 aromatic carbocycles. The van der Waals surface area contributed by atoms with E-state index in [0.29, 0.717) is 13.2 Å². The van der Waals surface area contributed by atoms with Gasteiger partial charge in [-0.2, -0.15) is 0 Å². The van der Waals surface area contributed by atoms with Crippen LogP contribution in [0.2, 0.25) is 0 Å². The van der Waals surface area contributed by atoms with Gasteiger partial charge in [-0.3, -0.25) is 4.79 Å². The number of carbonyl (C=O) groups excluding carboxylic acids is 1. The van der Waals surface area contributed by atoms with Crippen molar-refractivity contribution in [2.24, 2.45) is 11.1 Å². The van der Waals surface area contributed by atoms with E-state index in [1.807, 2.05) is 20.8 Å². The van der Waals surface area contributed by atoms with Gasteiger partial charge in [0.15, 0.2) is 0 Å². The van der Waals surface area contributed by atoms with Crippen molar-refractivity contribution in [1.82, 2.24) is 0 Å². The summed E-state index contributed by atoms with van der Waals surface area (Å²) in [7, 11) is 0. The highest BCUT2D eigenvalue weighted by atomic mass is 16.6. The standard InChI is InChI=1S/C14H29NO3/c1-13(2,3)10-11(15)9-12(16)17-7-8-18-14(4,5)6/h11H,7-10,15H2,1-6H3. The van der Waals surface area contributed by atoms with Gasteiger partial charge in [0.25, 0.3) is 0 Å². The molecule has 0 bridgehead atoms. The molecule has 0 amide bonds. The molecule has 4 heteroatoms. The third kappa shape index (κ3) is 11.9. The number of hydrogen-bond donors (Lipinski definition) is 1. The van der Waals surface area contributed by atoms with Gasteiger partial charge in [0.05, 0.1) is 18.6 Å². The molecule has 0 heterocycles. The van der Waals surface area contributed by atoms with Crippen molar-refractivity contribution < 1.29 is 14.3 Å². The minimum absolute atomic E-state index is 0.134. The Balaban J connectivity index is 3.72. The Morgan fingerprint density at radius 1 is 1.11 bits per heavy atom. The monoisotopic (exact) mass is 259 g/mol. The lowest BCUT2D eigenvalue weighted by molar-refractivity contribution is -0.147. The van der Waals surface area contributed by atoms with E-state index in [4.69, 9.17) is 15.2 Å². The molecule has 0 aliphatic carbocycles. The molecule has 0 aromatic rings. The molecular weight excluding hydrogens is 230 g/mol. The first-order valence-electron chi connectivity index (χ1n) is 6.55. The Morgan fingerprint density at radius 2 is 1.67 bits per heavy atom. The second kappa shape index (κ2) is 7.10. The van der Waals surface area contributed by atoms with E-state index in [0.717, 1.165) is 6.42 Å². The van der Waals surface area contributed by atoms with Crippen LogP contribution in [-0.2, 0) is 14.3 Å². The fourth-order valence-corrected chi connectivity index (χ4v) is 1.64. The molecule has 0 aliphatic rings. The van der Waals surface area contributed by atoms with Crippen LogP contribution in [0.15, 0.2) is 0 Å². The summed E-state index contributed by atoms with van der Waals surface area (Å²) >= 11 is 0. The average molecular weight is 259 g/mol. The molecule has 0 saturated carbocycles. The fraction of sp³-hybridized carbons (Fsp3) is 0.929. The second-order valence-corrected chi connectivity index (χ2v) is 6.91. The van der Waals surface area contributed by atoms with Crippen molar-refractivity contribution in [2.75, 3.05) is 13.2 Å². The molecule has 0 aromatic heterocycles. The van der Waals surface area contributed by atoms with Crippen LogP contribution in [0, 0.1) is 5.41 Å². The highest BCUT2D eigenvalue weighted by Gasteiger charge is 2.19. The Hall–Kier alpha value is -0.610. The van der Waals surface area contributed by atoms with Gasteiger partial charge in [0.2, 0.25) is 0 Å². The Morgan fingerprint density at radius 3 is 2.11 bits per heavy atom. The van der Waals surface area contributed by atoms with Crippen molar-refractivity contribution in [2.45, 2.75) is 66.0 Å². The quantitative estimate of drug-likeness (QED) is 0.588. The number of nitrogens with two attached hydrogens (primary N) is 1. The number of hydrogen-bond acceptors (Lipinski definition) is 4. The lowest BCUT2D eigenvalue weighted by Gasteiger charge is -2.22. The largest absolute Gasteiger partial charge is 0.463 e. The molecule has 1 unspecified atom stereocenters. The third-order valence-corrected chi connectivity index (χ3v) is 2.18. The molecule has 0 aliphatic heterocycles. The van der Waals surface area contributed by atoms with Crippen LogP contribution < -0.4 is 5.73 Å². The van der Waals surface area contributed by atoms with Crippen LogP contribution in [0.5, 0.6) is 0 Å². The molecule has 4 nitrogen and oxygen atoms in total. The summed E-state index contributed by atoms with van der Waals surface area (Å²) in [6, 6.07) is -0.138. The first-order valence-corrected chi connectivity index (χ1v) is 6.55. The van der Waals surface area contributed by atoms with Crippen molar-refractivity contribution in [3.8, 4) is 0 Å². The summed E-state index contributed by atoms with van der Waals surface area (Å²) in [4.78, 5) is 11.5. The van der Waals surface area contributed by atoms with Gasteiger partial charge in [-0.1, -0.05) is 20.8 Å². The average Bonchev–Trinajstić information content (AvgIpc) is 2.07. The van der Waals surface area contributed by atoms with Crippen LogP contribution in [0.1, 0.15) is 54.4 Å². The minimum Gasteiger partial charge on any atom is -0.463 e. The Bertz CT molecular complexity index is 251. The van der Waals surface area contributed by atoms with Crippen molar-refractivity contribution in [3.63, 3.8) is 0 Å². The summed E-state index contributed by atoms with van der Waals surface area (Å²) in [6.07, 6.45) is 1.08. The lowest BCUT2D eigenvalue weighted by atomic mass is 9.87. The van der Waals surface area contributed by atoms with Crippen LogP contribution in [-0.4, -0.2) is 30.8 Å². The van der Waals surface area contributed by atoms with E-state index in [-0.39, 0.29) is 29.4 Å². The topological polar surface area (TPSA) is 61.6 Å². The number of ether oxygens (including phenoxy) is 2. The molecule has 18 heavy (non-hydrogen) atoms. The maximum absolute atomic E-state index is 11.5. The molecule has 1 atom stereocenters. The Kier molecular flexibility index (Phi) is 6.86. The molecule has 0 radical (unpaired) electrons. The van der Waals surface area contributed by atoms with Gasteiger partial charge in [0.1, 0.15) is 6.61 Å². The normalized spacial score (nSPS) is 14.4. The van der Waals surface area contributed by atoms with Crippen LogP contribution >= 0.6 is 0 Å². The summed E-state index contributed by atoms with van der Waals surface area (Å²) in [5.41, 5.74) is 5.84. The van der Waals surface area contributed by atoms with Gasteiger partial charge in [0, 0.05) is 6.04 Å². The maximum atomic E-state index is 11.5.